The fourth-order valence-electron chi connectivity index (χ4n) is 6.50. The van der Waals surface area contributed by atoms with Gasteiger partial charge in [0.2, 0.25) is 0 Å². The average Bonchev–Trinajstić information content (AvgIpc) is 3.04. The van der Waals surface area contributed by atoms with Crippen molar-refractivity contribution in [3.8, 4) is 0 Å². The van der Waals surface area contributed by atoms with Crippen LogP contribution in [0.2, 0.25) is 5.04 Å². The van der Waals surface area contributed by atoms with Crippen LogP contribution < -0.4 is 26.3 Å². The predicted molar refractivity (Wildman–Crippen MR) is 187 cm³/mol. The molecule has 5 aromatic rings. The molecular weight excluding hydrogens is 543 g/mol. The van der Waals surface area contributed by atoms with Gasteiger partial charge in [0.15, 0.2) is 0 Å². The molecule has 0 unspecified atom stereocenters. The molecule has 1 nitrogen and oxygen atoms in total. The number of hydrogen-bond donors (Lipinski definition) is 0. The Morgan fingerprint density at radius 1 is 0.476 bits per heavy atom. The highest BCUT2D eigenvalue weighted by Crippen LogP contribution is 2.56. The van der Waals surface area contributed by atoms with E-state index in [2.05, 4.69) is 172 Å². The standard InChI is InChI=1S/C39H44OPSi/c1-39(2,3)42(37-28-16-7-17-29-37,38-30-18-8-19-31-38)40-32-20-9-21-33-41(34-22-10-4-11-23-34,35-24-12-5-13-25-35)36-26-14-6-15-27-36/h4-8,10-19,22-31H,9,20-21,32-33H2,1-3H3/q+1. The van der Waals surface area contributed by atoms with Gasteiger partial charge in [0.25, 0.3) is 8.32 Å². The van der Waals surface area contributed by atoms with Gasteiger partial charge in [-0.2, -0.15) is 0 Å². The number of hydrogen-bond acceptors (Lipinski definition) is 1. The number of unbranched alkanes of at least 4 members (excludes halogenated alkanes) is 2. The van der Waals surface area contributed by atoms with Gasteiger partial charge in [-0.25, -0.2) is 0 Å². The molecule has 0 saturated heterocycles. The zero-order valence-electron chi connectivity index (χ0n) is 25.3. The molecule has 0 bridgehead atoms. The van der Waals surface area contributed by atoms with E-state index < -0.39 is 15.6 Å². The maximum absolute atomic E-state index is 7.20. The zero-order chi connectivity index (χ0) is 29.3. The van der Waals surface area contributed by atoms with Gasteiger partial charge >= 0.3 is 0 Å². The van der Waals surface area contributed by atoms with Crippen LogP contribution in [0.15, 0.2) is 152 Å². The molecule has 0 aliphatic rings. The van der Waals surface area contributed by atoms with Crippen molar-refractivity contribution in [1.82, 2.24) is 0 Å². The average molecular weight is 588 g/mol. The lowest BCUT2D eigenvalue weighted by atomic mass is 10.2. The van der Waals surface area contributed by atoms with Crippen LogP contribution in [0.4, 0.5) is 0 Å². The third kappa shape index (κ3) is 6.23. The van der Waals surface area contributed by atoms with Crippen molar-refractivity contribution in [1.29, 1.82) is 0 Å². The van der Waals surface area contributed by atoms with E-state index in [0.717, 1.165) is 32.0 Å². The molecule has 0 aliphatic heterocycles. The van der Waals surface area contributed by atoms with Gasteiger partial charge in [0.1, 0.15) is 23.2 Å². The third-order valence-corrected chi connectivity index (χ3v) is 18.0. The summed E-state index contributed by atoms with van der Waals surface area (Å²) in [6.07, 6.45) is 4.52. The van der Waals surface area contributed by atoms with Crippen molar-refractivity contribution < 1.29 is 4.43 Å². The maximum atomic E-state index is 7.20. The quantitative estimate of drug-likeness (QED) is 0.0825. The Kier molecular flexibility index (Phi) is 9.90. The summed E-state index contributed by atoms with van der Waals surface area (Å²) in [6.45, 7) is 7.85. The number of rotatable bonds is 12. The predicted octanol–water partition coefficient (Wildman–Crippen LogP) is 7.73. The summed E-state index contributed by atoms with van der Waals surface area (Å²) in [7, 11) is -4.29. The molecule has 42 heavy (non-hydrogen) atoms. The van der Waals surface area contributed by atoms with Crippen molar-refractivity contribution in [2.45, 2.75) is 45.1 Å². The van der Waals surface area contributed by atoms with Gasteiger partial charge in [-0.05, 0) is 71.1 Å². The van der Waals surface area contributed by atoms with E-state index >= 15 is 0 Å². The van der Waals surface area contributed by atoms with Gasteiger partial charge in [-0.15, -0.1) is 0 Å². The highest BCUT2D eigenvalue weighted by molar-refractivity contribution is 7.95. The summed E-state index contributed by atoms with van der Waals surface area (Å²) in [5, 5.41) is 7.10. The van der Waals surface area contributed by atoms with Crippen molar-refractivity contribution >= 4 is 41.9 Å². The molecule has 0 heterocycles. The smallest absolute Gasteiger partial charge is 0.261 e. The SMILES string of the molecule is CC(C)(C)[Si](OCCCCC[P+](c1ccccc1)(c1ccccc1)c1ccccc1)(c1ccccc1)c1ccccc1. The second-order valence-corrected chi connectivity index (χ2v) is 20.0. The van der Waals surface area contributed by atoms with E-state index in [0.29, 0.717) is 0 Å². The van der Waals surface area contributed by atoms with Crippen LogP contribution in [0, 0.1) is 0 Å². The molecule has 5 aromatic carbocycles. The first-order valence-electron chi connectivity index (χ1n) is 15.3. The largest absolute Gasteiger partial charge is 0.407 e. The minimum Gasteiger partial charge on any atom is -0.407 e. The normalized spacial score (nSPS) is 12.3. The molecule has 0 radical (unpaired) electrons. The highest BCUT2D eigenvalue weighted by Gasteiger charge is 2.50. The van der Waals surface area contributed by atoms with Crippen LogP contribution in [0.3, 0.4) is 0 Å². The molecule has 0 amide bonds. The Labute approximate surface area is 255 Å². The minimum absolute atomic E-state index is 0.00429. The van der Waals surface area contributed by atoms with Crippen molar-refractivity contribution in [3.05, 3.63) is 152 Å². The van der Waals surface area contributed by atoms with Gasteiger partial charge in [0.05, 0.1) is 6.16 Å². The molecule has 0 fully saturated rings. The Balaban J connectivity index is 1.38. The van der Waals surface area contributed by atoms with E-state index in [-0.39, 0.29) is 5.04 Å². The van der Waals surface area contributed by atoms with Crippen LogP contribution in [0.5, 0.6) is 0 Å². The van der Waals surface area contributed by atoms with E-state index in [1.807, 2.05) is 0 Å². The van der Waals surface area contributed by atoms with Gasteiger partial charge in [-0.3, -0.25) is 0 Å². The third-order valence-electron chi connectivity index (χ3n) is 8.46. The summed E-state index contributed by atoms with van der Waals surface area (Å²) in [4.78, 5) is 0. The lowest BCUT2D eigenvalue weighted by molar-refractivity contribution is 0.288. The van der Waals surface area contributed by atoms with E-state index in [9.17, 15) is 0 Å². The molecule has 5 rings (SSSR count). The molecule has 214 valence electrons. The summed E-state index contributed by atoms with van der Waals surface area (Å²) in [6, 6.07) is 55.7. The van der Waals surface area contributed by atoms with Crippen molar-refractivity contribution in [2.75, 3.05) is 12.8 Å². The zero-order valence-corrected chi connectivity index (χ0v) is 27.2. The van der Waals surface area contributed by atoms with Crippen molar-refractivity contribution in [3.63, 3.8) is 0 Å². The Bertz CT molecular complexity index is 1350. The summed E-state index contributed by atoms with van der Waals surface area (Å²) in [5.74, 6) is 0. The topological polar surface area (TPSA) is 9.23 Å². The molecular formula is C39H44OPSi+. The van der Waals surface area contributed by atoms with Gasteiger partial charge in [0, 0.05) is 6.61 Å². The van der Waals surface area contributed by atoms with Gasteiger partial charge < -0.3 is 4.43 Å². The van der Waals surface area contributed by atoms with Gasteiger partial charge in [-0.1, -0.05) is 136 Å². The van der Waals surface area contributed by atoms with Crippen LogP contribution in [-0.2, 0) is 4.43 Å². The first kappa shape index (κ1) is 30.2. The fraction of sp³-hybridized carbons (Fsp3) is 0.231. The van der Waals surface area contributed by atoms with E-state index in [1.165, 1.54) is 26.3 Å². The summed E-state index contributed by atoms with van der Waals surface area (Å²) in [5.41, 5.74) is 0. The molecule has 3 heteroatoms. The monoisotopic (exact) mass is 587 g/mol. The number of benzene rings is 5. The molecule has 0 aromatic heterocycles. The second kappa shape index (κ2) is 13.8. The summed E-state index contributed by atoms with van der Waals surface area (Å²) >= 11 is 0. The van der Waals surface area contributed by atoms with Crippen LogP contribution in [-0.4, -0.2) is 21.1 Å². The van der Waals surface area contributed by atoms with Crippen LogP contribution in [0.25, 0.3) is 0 Å². The summed E-state index contributed by atoms with van der Waals surface area (Å²) < 4.78 is 7.20. The lowest BCUT2D eigenvalue weighted by Gasteiger charge is -2.43. The van der Waals surface area contributed by atoms with Crippen LogP contribution in [0.1, 0.15) is 40.0 Å². The minimum atomic E-state index is -2.50. The second-order valence-electron chi connectivity index (χ2n) is 12.1. The molecule has 0 N–H and O–H groups in total. The highest BCUT2D eigenvalue weighted by atomic mass is 31.2. The van der Waals surface area contributed by atoms with Crippen LogP contribution >= 0.6 is 7.26 Å². The van der Waals surface area contributed by atoms with E-state index in [4.69, 9.17) is 4.43 Å². The molecule has 0 saturated carbocycles. The Morgan fingerprint density at radius 3 is 1.19 bits per heavy atom. The Morgan fingerprint density at radius 2 is 0.833 bits per heavy atom. The van der Waals surface area contributed by atoms with Crippen molar-refractivity contribution in [2.24, 2.45) is 0 Å². The Hall–Kier alpha value is -3.29. The first-order valence-corrected chi connectivity index (χ1v) is 19.2. The molecule has 0 aliphatic carbocycles. The fourth-order valence-corrected chi connectivity index (χ4v) is 15.5. The first-order chi connectivity index (χ1) is 20.5. The van der Waals surface area contributed by atoms with E-state index in [1.54, 1.807) is 0 Å². The maximum Gasteiger partial charge on any atom is 0.261 e. The molecule has 0 spiro atoms. The lowest BCUT2D eigenvalue weighted by Crippen LogP contribution is -2.66. The molecule has 0 atom stereocenters.